The van der Waals surface area contributed by atoms with E-state index in [2.05, 4.69) is 4.98 Å². The van der Waals surface area contributed by atoms with Gasteiger partial charge >= 0.3 is 0 Å². The zero-order valence-electron chi connectivity index (χ0n) is 9.78. The van der Waals surface area contributed by atoms with Crippen molar-refractivity contribution in [1.82, 2.24) is 4.98 Å². The number of hydrogen-bond acceptors (Lipinski definition) is 3. The van der Waals surface area contributed by atoms with Gasteiger partial charge < -0.3 is 10.5 Å². The molecule has 1 aromatic heterocycles. The second-order valence-electron chi connectivity index (χ2n) is 3.64. The highest BCUT2D eigenvalue weighted by molar-refractivity contribution is 5.77. The molecule has 0 aliphatic carbocycles. The molecule has 0 saturated carbocycles. The number of aromatic nitrogens is 1. The van der Waals surface area contributed by atoms with Crippen molar-refractivity contribution in [2.45, 2.75) is 6.92 Å². The molecule has 2 N–H and O–H groups in total. The topological polar surface area (TPSA) is 48.1 Å². The Morgan fingerprint density at radius 3 is 2.67 bits per heavy atom. The van der Waals surface area contributed by atoms with Crippen molar-refractivity contribution in [2.75, 3.05) is 12.3 Å². The van der Waals surface area contributed by atoms with Crippen LogP contribution >= 0.6 is 0 Å². The van der Waals surface area contributed by atoms with E-state index in [1.807, 2.05) is 0 Å². The number of anilines is 1. The van der Waals surface area contributed by atoms with E-state index >= 15 is 0 Å². The minimum Gasteiger partial charge on any atom is -0.476 e. The first-order chi connectivity index (χ1) is 8.63. The summed E-state index contributed by atoms with van der Waals surface area (Å²) in [6.07, 6.45) is 1.42. The summed E-state index contributed by atoms with van der Waals surface area (Å²) in [5, 5.41) is 0. The van der Waals surface area contributed by atoms with Crippen molar-refractivity contribution in [2.24, 2.45) is 0 Å². The van der Waals surface area contributed by atoms with Gasteiger partial charge in [-0.1, -0.05) is 0 Å². The largest absolute Gasteiger partial charge is 0.476 e. The summed E-state index contributed by atoms with van der Waals surface area (Å²) >= 11 is 0. The summed E-state index contributed by atoms with van der Waals surface area (Å²) in [4.78, 5) is 3.79. The lowest BCUT2D eigenvalue weighted by Gasteiger charge is -2.09. The maximum atomic E-state index is 14.1. The van der Waals surface area contributed by atoms with Crippen molar-refractivity contribution in [3.05, 3.63) is 42.1 Å². The molecule has 0 aliphatic heterocycles. The minimum absolute atomic E-state index is 0.0845. The first-order valence-corrected chi connectivity index (χ1v) is 5.46. The molecule has 0 fully saturated rings. The predicted molar refractivity (Wildman–Crippen MR) is 65.2 cm³/mol. The van der Waals surface area contributed by atoms with E-state index in [1.165, 1.54) is 24.4 Å². The first kappa shape index (κ1) is 12.3. The van der Waals surface area contributed by atoms with E-state index < -0.39 is 11.6 Å². The van der Waals surface area contributed by atoms with Crippen LogP contribution in [0, 0.1) is 11.6 Å². The van der Waals surface area contributed by atoms with Crippen LogP contribution in [0.1, 0.15) is 6.92 Å². The molecule has 0 amide bonds. The smallest absolute Gasteiger partial charge is 0.251 e. The molecule has 5 heteroatoms. The molecule has 94 valence electrons. The van der Waals surface area contributed by atoms with Gasteiger partial charge in [-0.05, 0) is 31.2 Å². The monoisotopic (exact) mass is 250 g/mol. The van der Waals surface area contributed by atoms with Crippen LogP contribution in [0.15, 0.2) is 30.5 Å². The van der Waals surface area contributed by atoms with Gasteiger partial charge in [0.2, 0.25) is 0 Å². The zero-order valence-corrected chi connectivity index (χ0v) is 9.78. The van der Waals surface area contributed by atoms with Gasteiger partial charge in [-0.3, -0.25) is 0 Å². The SMILES string of the molecule is CCOc1nccc(-c2ccc(F)cc2N)c1F. The number of nitrogens with zero attached hydrogens (tertiary/aromatic N) is 1. The lowest BCUT2D eigenvalue weighted by molar-refractivity contribution is 0.308. The highest BCUT2D eigenvalue weighted by Crippen LogP contribution is 2.31. The Kier molecular flexibility index (Phi) is 3.41. The van der Waals surface area contributed by atoms with Gasteiger partial charge in [0, 0.05) is 23.0 Å². The van der Waals surface area contributed by atoms with E-state index in [-0.39, 0.29) is 17.1 Å². The van der Waals surface area contributed by atoms with Crippen molar-refractivity contribution < 1.29 is 13.5 Å². The molecule has 1 aromatic carbocycles. The Morgan fingerprint density at radius 1 is 1.22 bits per heavy atom. The van der Waals surface area contributed by atoms with E-state index in [0.717, 1.165) is 6.07 Å². The average Bonchev–Trinajstić information content (AvgIpc) is 2.33. The van der Waals surface area contributed by atoms with E-state index in [0.29, 0.717) is 12.2 Å². The number of halogens is 2. The Hall–Kier alpha value is -2.17. The van der Waals surface area contributed by atoms with Crippen LogP contribution in [0.25, 0.3) is 11.1 Å². The molecule has 0 bridgehead atoms. The molecule has 2 aromatic rings. The molecule has 2 rings (SSSR count). The molecule has 3 nitrogen and oxygen atoms in total. The standard InChI is InChI=1S/C13H12F2N2O/c1-2-18-13-12(15)10(5-6-17-13)9-4-3-8(14)7-11(9)16/h3-7H,2,16H2,1H3. The van der Waals surface area contributed by atoms with Gasteiger partial charge in [0.15, 0.2) is 5.82 Å². The van der Waals surface area contributed by atoms with Crippen LogP contribution in [0.4, 0.5) is 14.5 Å². The molecular weight excluding hydrogens is 238 g/mol. The number of ether oxygens (including phenoxy) is 1. The Morgan fingerprint density at radius 2 is 2.00 bits per heavy atom. The highest BCUT2D eigenvalue weighted by atomic mass is 19.1. The average molecular weight is 250 g/mol. The highest BCUT2D eigenvalue weighted by Gasteiger charge is 2.14. The molecule has 1 heterocycles. The fraction of sp³-hybridized carbons (Fsp3) is 0.154. The number of rotatable bonds is 3. The quantitative estimate of drug-likeness (QED) is 0.852. The van der Waals surface area contributed by atoms with Crippen LogP contribution < -0.4 is 10.5 Å². The molecule has 0 radical (unpaired) electrons. The van der Waals surface area contributed by atoms with Gasteiger partial charge in [-0.2, -0.15) is 0 Å². The number of nitrogen functional groups attached to an aromatic ring is 1. The summed E-state index contributed by atoms with van der Waals surface area (Å²) in [6, 6.07) is 5.28. The number of hydrogen-bond donors (Lipinski definition) is 1. The second-order valence-corrected chi connectivity index (χ2v) is 3.64. The van der Waals surface area contributed by atoms with Crippen molar-refractivity contribution >= 4 is 5.69 Å². The van der Waals surface area contributed by atoms with Gasteiger partial charge in [-0.15, -0.1) is 0 Å². The number of benzene rings is 1. The van der Waals surface area contributed by atoms with Gasteiger partial charge in [0.05, 0.1) is 6.61 Å². The summed E-state index contributed by atoms with van der Waals surface area (Å²) in [6.45, 7) is 2.05. The molecular formula is C13H12F2N2O. The van der Waals surface area contributed by atoms with Crippen LogP contribution in [-0.2, 0) is 0 Å². The molecule has 0 atom stereocenters. The van der Waals surface area contributed by atoms with Crippen molar-refractivity contribution in [3.8, 4) is 17.0 Å². The third-order valence-corrected chi connectivity index (χ3v) is 2.44. The lowest BCUT2D eigenvalue weighted by atomic mass is 10.0. The van der Waals surface area contributed by atoms with Gasteiger partial charge in [0.1, 0.15) is 5.82 Å². The van der Waals surface area contributed by atoms with E-state index in [9.17, 15) is 8.78 Å². The Bertz CT molecular complexity index is 573. The van der Waals surface area contributed by atoms with Crippen molar-refractivity contribution in [1.29, 1.82) is 0 Å². The Balaban J connectivity index is 2.53. The maximum absolute atomic E-state index is 14.1. The predicted octanol–water partition coefficient (Wildman–Crippen LogP) is 3.01. The Labute approximate surface area is 103 Å². The van der Waals surface area contributed by atoms with Crippen LogP contribution in [0.3, 0.4) is 0 Å². The third-order valence-electron chi connectivity index (χ3n) is 2.44. The summed E-state index contributed by atoms with van der Waals surface area (Å²) in [5.41, 5.74) is 6.50. The molecule has 0 saturated heterocycles. The fourth-order valence-electron chi connectivity index (χ4n) is 1.65. The molecule has 0 unspecified atom stereocenters. The van der Waals surface area contributed by atoms with Crippen molar-refractivity contribution in [3.63, 3.8) is 0 Å². The second kappa shape index (κ2) is 5.00. The van der Waals surface area contributed by atoms with Crippen LogP contribution in [0.2, 0.25) is 0 Å². The third kappa shape index (κ3) is 2.25. The van der Waals surface area contributed by atoms with Crippen LogP contribution in [-0.4, -0.2) is 11.6 Å². The molecule has 18 heavy (non-hydrogen) atoms. The van der Waals surface area contributed by atoms with Crippen LogP contribution in [0.5, 0.6) is 5.88 Å². The number of pyridine rings is 1. The summed E-state index contributed by atoms with van der Waals surface area (Å²) < 4.78 is 32.1. The zero-order chi connectivity index (χ0) is 13.1. The van der Waals surface area contributed by atoms with Gasteiger partial charge in [0.25, 0.3) is 5.88 Å². The van der Waals surface area contributed by atoms with E-state index in [4.69, 9.17) is 10.5 Å². The maximum Gasteiger partial charge on any atom is 0.251 e. The summed E-state index contributed by atoms with van der Waals surface area (Å²) in [7, 11) is 0. The van der Waals surface area contributed by atoms with E-state index in [1.54, 1.807) is 6.92 Å². The normalized spacial score (nSPS) is 10.4. The first-order valence-electron chi connectivity index (χ1n) is 5.46. The molecule has 0 spiro atoms. The summed E-state index contributed by atoms with van der Waals surface area (Å²) in [5.74, 6) is -1.15. The lowest BCUT2D eigenvalue weighted by Crippen LogP contribution is -2.00. The number of nitrogens with two attached hydrogens (primary N) is 1. The molecule has 0 aliphatic rings. The minimum atomic E-state index is -0.599. The fourth-order valence-corrected chi connectivity index (χ4v) is 1.65. The van der Waals surface area contributed by atoms with Gasteiger partial charge in [-0.25, -0.2) is 13.8 Å².